The van der Waals surface area contributed by atoms with Gasteiger partial charge in [-0.15, -0.1) is 0 Å². The number of halogens is 3. The number of nitrogens with one attached hydrogen (secondary N) is 1. The summed E-state index contributed by atoms with van der Waals surface area (Å²) in [6.45, 7) is 4.02. The molecule has 0 atom stereocenters. The van der Waals surface area contributed by atoms with Gasteiger partial charge < -0.3 is 5.32 Å². The number of aryl methyl sites for hydroxylation is 2. The number of hydrogen-bond donors (Lipinski definition) is 1. The van der Waals surface area contributed by atoms with E-state index in [0.29, 0.717) is 15.6 Å². The van der Waals surface area contributed by atoms with E-state index in [2.05, 4.69) is 27.9 Å². The SMILES string of the molecule is Cc1cc(NC(=O)c2cc(Cl)ccc2Cl)cc(C)c1I. The summed E-state index contributed by atoms with van der Waals surface area (Å²) in [4.78, 5) is 12.2. The van der Waals surface area contributed by atoms with Crippen LogP contribution in [0.1, 0.15) is 21.5 Å². The number of carbonyl (C=O) groups excluding carboxylic acids is 1. The van der Waals surface area contributed by atoms with Crippen molar-refractivity contribution in [3.8, 4) is 0 Å². The van der Waals surface area contributed by atoms with Crippen LogP contribution >= 0.6 is 45.8 Å². The average molecular weight is 420 g/mol. The first kappa shape index (κ1) is 15.6. The average Bonchev–Trinajstić information content (AvgIpc) is 2.38. The van der Waals surface area contributed by atoms with Crippen LogP contribution < -0.4 is 5.32 Å². The molecule has 0 aliphatic carbocycles. The highest BCUT2D eigenvalue weighted by Gasteiger charge is 2.12. The van der Waals surface area contributed by atoms with E-state index in [4.69, 9.17) is 23.2 Å². The van der Waals surface area contributed by atoms with Crippen molar-refractivity contribution in [2.45, 2.75) is 13.8 Å². The normalized spacial score (nSPS) is 10.4. The van der Waals surface area contributed by atoms with Crippen LogP contribution in [0.4, 0.5) is 5.69 Å². The van der Waals surface area contributed by atoms with Crippen molar-refractivity contribution >= 4 is 57.4 Å². The molecule has 0 bridgehead atoms. The lowest BCUT2D eigenvalue weighted by atomic mass is 10.1. The lowest BCUT2D eigenvalue weighted by Gasteiger charge is -2.10. The number of benzene rings is 2. The van der Waals surface area contributed by atoms with Crippen molar-refractivity contribution in [3.05, 3.63) is 60.6 Å². The van der Waals surface area contributed by atoms with Gasteiger partial charge in [0.1, 0.15) is 0 Å². The molecule has 0 unspecified atom stereocenters. The maximum Gasteiger partial charge on any atom is 0.257 e. The minimum absolute atomic E-state index is 0.266. The van der Waals surface area contributed by atoms with E-state index < -0.39 is 0 Å². The number of anilines is 1. The fourth-order valence-corrected chi connectivity index (χ4v) is 2.57. The van der Waals surface area contributed by atoms with E-state index in [1.807, 2.05) is 26.0 Å². The Balaban J connectivity index is 2.30. The summed E-state index contributed by atoms with van der Waals surface area (Å²) in [7, 11) is 0. The zero-order valence-electron chi connectivity index (χ0n) is 10.9. The first-order chi connectivity index (χ1) is 9.38. The molecule has 5 heteroatoms. The fourth-order valence-electron chi connectivity index (χ4n) is 1.89. The first-order valence-electron chi connectivity index (χ1n) is 5.91. The Hall–Kier alpha value is -0.780. The van der Waals surface area contributed by atoms with Gasteiger partial charge in [0.25, 0.3) is 5.91 Å². The van der Waals surface area contributed by atoms with Gasteiger partial charge in [0, 0.05) is 14.3 Å². The van der Waals surface area contributed by atoms with Gasteiger partial charge in [-0.25, -0.2) is 0 Å². The molecular formula is C15H12Cl2INO. The monoisotopic (exact) mass is 419 g/mol. The molecule has 0 heterocycles. The van der Waals surface area contributed by atoms with Gasteiger partial charge in [0.05, 0.1) is 10.6 Å². The van der Waals surface area contributed by atoms with Crippen LogP contribution in [0.2, 0.25) is 10.0 Å². The summed E-state index contributed by atoms with van der Waals surface area (Å²) in [6.07, 6.45) is 0. The summed E-state index contributed by atoms with van der Waals surface area (Å²) in [6, 6.07) is 8.70. The van der Waals surface area contributed by atoms with Crippen LogP contribution in [0, 0.1) is 17.4 Å². The summed E-state index contributed by atoms with van der Waals surface area (Å²) in [5.74, 6) is -0.266. The zero-order chi connectivity index (χ0) is 14.9. The van der Waals surface area contributed by atoms with E-state index in [9.17, 15) is 4.79 Å². The molecule has 0 radical (unpaired) electrons. The second-order valence-corrected chi connectivity index (χ2v) is 6.42. The molecule has 2 rings (SSSR count). The molecule has 0 aliphatic rings. The predicted molar refractivity (Wildman–Crippen MR) is 93.0 cm³/mol. The summed E-state index contributed by atoms with van der Waals surface area (Å²) in [5.41, 5.74) is 3.37. The topological polar surface area (TPSA) is 29.1 Å². The van der Waals surface area contributed by atoms with Crippen molar-refractivity contribution < 1.29 is 4.79 Å². The third kappa shape index (κ3) is 3.45. The number of amides is 1. The van der Waals surface area contributed by atoms with E-state index in [-0.39, 0.29) is 5.91 Å². The molecule has 0 saturated heterocycles. The van der Waals surface area contributed by atoms with Gasteiger partial charge in [-0.2, -0.15) is 0 Å². The van der Waals surface area contributed by atoms with Crippen molar-refractivity contribution in [2.24, 2.45) is 0 Å². The summed E-state index contributed by atoms with van der Waals surface area (Å²) < 4.78 is 1.20. The lowest BCUT2D eigenvalue weighted by molar-refractivity contribution is 0.102. The van der Waals surface area contributed by atoms with Crippen LogP contribution in [0.25, 0.3) is 0 Å². The van der Waals surface area contributed by atoms with Crippen molar-refractivity contribution in [3.63, 3.8) is 0 Å². The van der Waals surface area contributed by atoms with Crippen molar-refractivity contribution in [2.75, 3.05) is 5.32 Å². The molecule has 2 nitrogen and oxygen atoms in total. The Morgan fingerprint density at radius 2 is 1.70 bits per heavy atom. The van der Waals surface area contributed by atoms with Crippen LogP contribution in [-0.2, 0) is 0 Å². The van der Waals surface area contributed by atoms with Crippen LogP contribution in [0.15, 0.2) is 30.3 Å². The summed E-state index contributed by atoms with van der Waals surface area (Å²) >= 11 is 14.2. The van der Waals surface area contributed by atoms with E-state index in [0.717, 1.165) is 16.8 Å². The molecule has 20 heavy (non-hydrogen) atoms. The first-order valence-corrected chi connectivity index (χ1v) is 7.75. The molecule has 0 fully saturated rings. The van der Waals surface area contributed by atoms with Gasteiger partial charge >= 0.3 is 0 Å². The minimum Gasteiger partial charge on any atom is -0.322 e. The Kier molecular flexibility index (Phi) is 4.94. The molecule has 2 aromatic carbocycles. The standard InChI is InChI=1S/C15H12Cl2INO/c1-8-5-11(6-9(2)14(8)18)19-15(20)12-7-10(16)3-4-13(12)17/h3-7H,1-2H3,(H,19,20). The van der Waals surface area contributed by atoms with Gasteiger partial charge in [-0.3, -0.25) is 4.79 Å². The second-order valence-electron chi connectivity index (χ2n) is 4.50. The highest BCUT2D eigenvalue weighted by atomic mass is 127. The fraction of sp³-hybridized carbons (Fsp3) is 0.133. The molecule has 1 amide bonds. The maximum atomic E-state index is 12.2. The largest absolute Gasteiger partial charge is 0.322 e. The highest BCUT2D eigenvalue weighted by molar-refractivity contribution is 14.1. The van der Waals surface area contributed by atoms with Crippen molar-refractivity contribution in [1.82, 2.24) is 0 Å². The summed E-state index contributed by atoms with van der Waals surface area (Å²) in [5, 5.41) is 3.71. The highest BCUT2D eigenvalue weighted by Crippen LogP contribution is 2.24. The second kappa shape index (κ2) is 6.33. The number of hydrogen-bond acceptors (Lipinski definition) is 1. The quantitative estimate of drug-likeness (QED) is 0.642. The third-order valence-corrected chi connectivity index (χ3v) is 5.13. The molecule has 0 spiro atoms. The van der Waals surface area contributed by atoms with E-state index in [1.165, 1.54) is 3.57 Å². The Labute approximate surface area is 141 Å². The Morgan fingerprint density at radius 1 is 1.10 bits per heavy atom. The van der Waals surface area contributed by atoms with Crippen LogP contribution in [-0.4, -0.2) is 5.91 Å². The molecule has 0 aromatic heterocycles. The molecule has 0 saturated carbocycles. The predicted octanol–water partition coefficient (Wildman–Crippen LogP) is 5.47. The molecule has 1 N–H and O–H groups in total. The Bertz CT molecular complexity index is 663. The molecule has 104 valence electrons. The third-order valence-electron chi connectivity index (χ3n) is 2.87. The minimum atomic E-state index is -0.266. The maximum absolute atomic E-state index is 12.2. The van der Waals surface area contributed by atoms with Crippen LogP contribution in [0.5, 0.6) is 0 Å². The van der Waals surface area contributed by atoms with Gasteiger partial charge in [-0.1, -0.05) is 23.2 Å². The number of carbonyl (C=O) groups is 1. The van der Waals surface area contributed by atoms with Gasteiger partial charge in [0.15, 0.2) is 0 Å². The smallest absolute Gasteiger partial charge is 0.257 e. The zero-order valence-corrected chi connectivity index (χ0v) is 14.6. The van der Waals surface area contributed by atoms with Gasteiger partial charge in [-0.05, 0) is 77.9 Å². The Morgan fingerprint density at radius 3 is 2.30 bits per heavy atom. The lowest BCUT2D eigenvalue weighted by Crippen LogP contribution is -2.13. The number of rotatable bonds is 2. The van der Waals surface area contributed by atoms with Crippen molar-refractivity contribution in [1.29, 1.82) is 0 Å². The van der Waals surface area contributed by atoms with Gasteiger partial charge in [0.2, 0.25) is 0 Å². The van der Waals surface area contributed by atoms with E-state index >= 15 is 0 Å². The molecular weight excluding hydrogens is 408 g/mol. The molecule has 0 aliphatic heterocycles. The van der Waals surface area contributed by atoms with Crippen LogP contribution in [0.3, 0.4) is 0 Å². The molecule has 2 aromatic rings. The van der Waals surface area contributed by atoms with E-state index in [1.54, 1.807) is 18.2 Å².